The van der Waals surface area contributed by atoms with Crippen molar-refractivity contribution in [3.05, 3.63) is 28.7 Å². The van der Waals surface area contributed by atoms with Crippen molar-refractivity contribution >= 4 is 5.91 Å². The Bertz CT molecular complexity index is 781. The first-order valence-corrected chi connectivity index (χ1v) is 9.69. The van der Waals surface area contributed by atoms with Crippen molar-refractivity contribution in [3.63, 3.8) is 0 Å². The van der Waals surface area contributed by atoms with Gasteiger partial charge in [-0.25, -0.2) is 0 Å². The van der Waals surface area contributed by atoms with Crippen LogP contribution in [0.3, 0.4) is 0 Å². The van der Waals surface area contributed by atoms with E-state index in [1.807, 2.05) is 18.7 Å². The lowest BCUT2D eigenvalue weighted by Gasteiger charge is -2.31. The SMILES string of the molecule is Cc1nc(CN2CCCC(CNC(=O)CCc3c(C)nn(C)c3C)C2)no1. The third-order valence-electron chi connectivity index (χ3n) is 5.39. The van der Waals surface area contributed by atoms with Crippen LogP contribution in [0.15, 0.2) is 4.52 Å². The summed E-state index contributed by atoms with van der Waals surface area (Å²) >= 11 is 0. The maximum absolute atomic E-state index is 12.3. The molecule has 1 amide bonds. The molecule has 8 nitrogen and oxygen atoms in total. The van der Waals surface area contributed by atoms with Crippen molar-refractivity contribution in [1.82, 2.24) is 30.1 Å². The number of carbonyl (C=O) groups is 1. The number of nitrogens with zero attached hydrogens (tertiary/aromatic N) is 5. The second-order valence-corrected chi connectivity index (χ2v) is 7.55. The number of carbonyl (C=O) groups excluding carboxylic acids is 1. The topological polar surface area (TPSA) is 89.1 Å². The van der Waals surface area contributed by atoms with Crippen LogP contribution in [0.5, 0.6) is 0 Å². The number of rotatable bonds is 7. The summed E-state index contributed by atoms with van der Waals surface area (Å²) in [6.45, 7) is 9.29. The summed E-state index contributed by atoms with van der Waals surface area (Å²) in [5.41, 5.74) is 3.34. The van der Waals surface area contributed by atoms with Crippen LogP contribution < -0.4 is 5.32 Å². The van der Waals surface area contributed by atoms with Gasteiger partial charge in [0.1, 0.15) is 0 Å². The van der Waals surface area contributed by atoms with E-state index >= 15 is 0 Å². The molecular formula is C19H30N6O2. The number of aryl methyl sites for hydroxylation is 3. The van der Waals surface area contributed by atoms with Crippen molar-refractivity contribution in [1.29, 1.82) is 0 Å². The average molecular weight is 374 g/mol. The molecule has 1 aliphatic heterocycles. The molecule has 1 unspecified atom stereocenters. The van der Waals surface area contributed by atoms with E-state index < -0.39 is 0 Å². The molecular weight excluding hydrogens is 344 g/mol. The summed E-state index contributed by atoms with van der Waals surface area (Å²) in [5.74, 6) is 1.92. The fourth-order valence-corrected chi connectivity index (χ4v) is 3.83. The van der Waals surface area contributed by atoms with Crippen LogP contribution in [0.2, 0.25) is 0 Å². The quantitative estimate of drug-likeness (QED) is 0.793. The summed E-state index contributed by atoms with van der Waals surface area (Å²) < 4.78 is 6.92. The van der Waals surface area contributed by atoms with Crippen LogP contribution in [-0.4, -0.2) is 50.4 Å². The molecule has 2 aromatic heterocycles. The van der Waals surface area contributed by atoms with Crippen LogP contribution in [0.1, 0.15) is 47.9 Å². The van der Waals surface area contributed by atoms with Crippen molar-refractivity contribution in [2.75, 3.05) is 19.6 Å². The molecule has 3 heterocycles. The number of piperidine rings is 1. The molecule has 2 aromatic rings. The van der Waals surface area contributed by atoms with Crippen LogP contribution in [0, 0.1) is 26.7 Å². The molecule has 0 radical (unpaired) electrons. The number of hydrogen-bond acceptors (Lipinski definition) is 6. The molecule has 0 saturated carbocycles. The summed E-state index contributed by atoms with van der Waals surface area (Å²) in [6.07, 6.45) is 3.52. The molecule has 1 N–H and O–H groups in total. The predicted molar refractivity (Wildman–Crippen MR) is 101 cm³/mol. The van der Waals surface area contributed by atoms with Gasteiger partial charge in [0.25, 0.3) is 0 Å². The number of nitrogens with one attached hydrogen (secondary N) is 1. The Labute approximate surface area is 160 Å². The lowest BCUT2D eigenvalue weighted by atomic mass is 9.98. The highest BCUT2D eigenvalue weighted by atomic mass is 16.5. The fraction of sp³-hybridized carbons (Fsp3) is 0.684. The Balaban J connectivity index is 1.41. The van der Waals surface area contributed by atoms with E-state index in [4.69, 9.17) is 4.52 Å². The van der Waals surface area contributed by atoms with Gasteiger partial charge in [0.15, 0.2) is 5.82 Å². The maximum Gasteiger partial charge on any atom is 0.223 e. The van der Waals surface area contributed by atoms with Crippen molar-refractivity contribution < 1.29 is 9.32 Å². The second-order valence-electron chi connectivity index (χ2n) is 7.55. The zero-order valence-electron chi connectivity index (χ0n) is 16.8. The third-order valence-corrected chi connectivity index (χ3v) is 5.39. The molecule has 0 spiro atoms. The van der Waals surface area contributed by atoms with Crippen LogP contribution in [0.4, 0.5) is 0 Å². The van der Waals surface area contributed by atoms with Crippen molar-refractivity contribution in [3.8, 4) is 0 Å². The molecule has 0 aromatic carbocycles. The largest absolute Gasteiger partial charge is 0.356 e. The first kappa shape index (κ1) is 19.5. The van der Waals surface area contributed by atoms with Gasteiger partial charge in [-0.1, -0.05) is 5.16 Å². The van der Waals surface area contributed by atoms with E-state index in [9.17, 15) is 4.79 Å². The lowest BCUT2D eigenvalue weighted by Crippen LogP contribution is -2.40. The first-order chi connectivity index (χ1) is 12.9. The Morgan fingerprint density at radius 1 is 1.33 bits per heavy atom. The number of amides is 1. The number of likely N-dealkylation sites (tertiary alicyclic amines) is 1. The van der Waals surface area contributed by atoms with Gasteiger partial charge in [-0.05, 0) is 51.1 Å². The van der Waals surface area contributed by atoms with Crippen molar-refractivity contribution in [2.45, 2.75) is 53.0 Å². The van der Waals surface area contributed by atoms with Gasteiger partial charge in [0, 0.05) is 39.2 Å². The zero-order chi connectivity index (χ0) is 19.4. The van der Waals surface area contributed by atoms with Gasteiger partial charge in [0.2, 0.25) is 11.8 Å². The van der Waals surface area contributed by atoms with Gasteiger partial charge in [-0.2, -0.15) is 10.1 Å². The maximum atomic E-state index is 12.3. The Morgan fingerprint density at radius 3 is 2.81 bits per heavy atom. The van der Waals surface area contributed by atoms with Gasteiger partial charge >= 0.3 is 0 Å². The highest BCUT2D eigenvalue weighted by Crippen LogP contribution is 2.18. The zero-order valence-corrected chi connectivity index (χ0v) is 16.8. The summed E-state index contributed by atoms with van der Waals surface area (Å²) in [5, 5.41) is 11.5. The van der Waals surface area contributed by atoms with Gasteiger partial charge < -0.3 is 9.84 Å². The number of aromatic nitrogens is 4. The summed E-state index contributed by atoms with van der Waals surface area (Å²) in [4.78, 5) is 18.9. The molecule has 0 bridgehead atoms. The van der Waals surface area contributed by atoms with Crippen LogP contribution >= 0.6 is 0 Å². The monoisotopic (exact) mass is 374 g/mol. The van der Waals surface area contributed by atoms with E-state index in [0.29, 0.717) is 24.8 Å². The van der Waals surface area contributed by atoms with Gasteiger partial charge in [-0.3, -0.25) is 14.4 Å². The van der Waals surface area contributed by atoms with E-state index in [-0.39, 0.29) is 5.91 Å². The number of hydrogen-bond donors (Lipinski definition) is 1. The lowest BCUT2D eigenvalue weighted by molar-refractivity contribution is -0.121. The van der Waals surface area contributed by atoms with Crippen LogP contribution in [0.25, 0.3) is 0 Å². The molecule has 1 atom stereocenters. The smallest absolute Gasteiger partial charge is 0.223 e. The molecule has 0 aliphatic carbocycles. The molecule has 3 rings (SSSR count). The third kappa shape index (κ3) is 5.15. The second kappa shape index (κ2) is 8.65. The van der Waals surface area contributed by atoms with E-state index in [0.717, 1.165) is 56.1 Å². The van der Waals surface area contributed by atoms with E-state index in [1.165, 1.54) is 5.56 Å². The Hall–Kier alpha value is -2.22. The van der Waals surface area contributed by atoms with Crippen LogP contribution in [-0.2, 0) is 24.8 Å². The highest BCUT2D eigenvalue weighted by molar-refractivity contribution is 5.76. The molecule has 1 saturated heterocycles. The predicted octanol–water partition coefficient (Wildman–Crippen LogP) is 1.69. The standard InChI is InChI=1S/C19H30N6O2/c1-13-17(14(2)24(4)22-13)7-8-19(26)20-10-16-6-5-9-25(11-16)12-18-21-15(3)27-23-18/h16H,5-12H2,1-4H3,(H,20,26). The average Bonchev–Trinajstić information content (AvgIpc) is 3.14. The molecule has 8 heteroatoms. The van der Waals surface area contributed by atoms with Gasteiger partial charge in [0.05, 0.1) is 12.2 Å². The highest BCUT2D eigenvalue weighted by Gasteiger charge is 2.22. The fourth-order valence-electron chi connectivity index (χ4n) is 3.83. The summed E-state index contributed by atoms with van der Waals surface area (Å²) in [7, 11) is 1.94. The minimum atomic E-state index is 0.114. The van der Waals surface area contributed by atoms with E-state index in [1.54, 1.807) is 6.92 Å². The Kier molecular flexibility index (Phi) is 6.26. The minimum Gasteiger partial charge on any atom is -0.356 e. The Morgan fingerprint density at radius 2 is 2.15 bits per heavy atom. The van der Waals surface area contributed by atoms with E-state index in [2.05, 4.69) is 32.4 Å². The molecule has 27 heavy (non-hydrogen) atoms. The first-order valence-electron chi connectivity index (χ1n) is 9.69. The molecule has 148 valence electrons. The van der Waals surface area contributed by atoms with Crippen molar-refractivity contribution in [2.24, 2.45) is 13.0 Å². The van der Waals surface area contributed by atoms with Gasteiger partial charge in [-0.15, -0.1) is 0 Å². The normalized spacial score (nSPS) is 18.0. The summed E-state index contributed by atoms with van der Waals surface area (Å²) in [6, 6.07) is 0. The molecule has 1 aliphatic rings. The molecule has 1 fully saturated rings. The minimum absolute atomic E-state index is 0.114.